The molecular formula is C24H21N3O2. The summed E-state index contributed by atoms with van der Waals surface area (Å²) in [6, 6.07) is 16.3. The Labute approximate surface area is 169 Å². The topological polar surface area (TPSA) is 57.4 Å². The maximum absolute atomic E-state index is 12.5. The Kier molecular flexibility index (Phi) is 4.02. The average molecular weight is 383 g/mol. The van der Waals surface area contributed by atoms with E-state index in [1.54, 1.807) is 19.0 Å². The van der Waals surface area contributed by atoms with Gasteiger partial charge >= 0.3 is 0 Å². The first-order valence-corrected chi connectivity index (χ1v) is 9.56. The van der Waals surface area contributed by atoms with Crippen molar-refractivity contribution in [3.05, 3.63) is 84.0 Å². The number of benzene rings is 2. The van der Waals surface area contributed by atoms with Gasteiger partial charge in [0, 0.05) is 47.4 Å². The van der Waals surface area contributed by atoms with Gasteiger partial charge in [0.05, 0.1) is 0 Å². The number of likely N-dealkylation sites (N-methyl/N-ethyl adjacent to an activating group) is 1. The molecule has 3 aromatic rings. The van der Waals surface area contributed by atoms with E-state index in [0.717, 1.165) is 39.3 Å². The molecule has 5 heteroatoms. The third kappa shape index (κ3) is 3.10. The fraction of sp³-hybridized carbons (Fsp3) is 0.125. The predicted octanol–water partition coefficient (Wildman–Crippen LogP) is 4.64. The highest BCUT2D eigenvalue weighted by atomic mass is 16.5. The first-order chi connectivity index (χ1) is 14.1. The molecule has 1 aromatic heterocycles. The highest BCUT2D eigenvalue weighted by Gasteiger charge is 2.29. The minimum atomic E-state index is -0.183. The fourth-order valence-electron chi connectivity index (χ4n) is 3.76. The van der Waals surface area contributed by atoms with E-state index in [1.165, 1.54) is 0 Å². The average Bonchev–Trinajstić information content (AvgIpc) is 3.20. The molecular weight excluding hydrogens is 362 g/mol. The Balaban J connectivity index is 1.49. The Morgan fingerprint density at radius 2 is 2.00 bits per heavy atom. The van der Waals surface area contributed by atoms with Gasteiger partial charge < -0.3 is 19.9 Å². The number of fused-ring (bicyclic) bond motifs is 4. The molecule has 1 unspecified atom stereocenters. The number of hydrogen-bond acceptors (Lipinski definition) is 3. The maximum atomic E-state index is 12.5. The number of allylic oxidation sites excluding steroid dienone is 2. The Bertz CT molecular complexity index is 1180. The molecule has 0 spiro atoms. The van der Waals surface area contributed by atoms with Gasteiger partial charge in [0.25, 0.3) is 5.91 Å². The van der Waals surface area contributed by atoms with Crippen molar-refractivity contribution in [2.75, 3.05) is 19.4 Å². The SMILES string of the molecule is CN(C)C(=O)C1=CC=CC2Oc3ccc(Nc4cc5ccccc5[nH]4)cc3C2=C1. The summed E-state index contributed by atoms with van der Waals surface area (Å²) in [6.07, 6.45) is 7.46. The molecule has 0 fully saturated rings. The number of hydrogen-bond donors (Lipinski definition) is 2. The van der Waals surface area contributed by atoms with Crippen molar-refractivity contribution in [2.24, 2.45) is 0 Å². The molecule has 0 saturated carbocycles. The van der Waals surface area contributed by atoms with Gasteiger partial charge in [0.1, 0.15) is 17.7 Å². The molecule has 5 rings (SSSR count). The summed E-state index contributed by atoms with van der Waals surface area (Å²) in [5, 5.41) is 4.60. The molecule has 2 heterocycles. The summed E-state index contributed by atoms with van der Waals surface area (Å²) in [7, 11) is 3.52. The van der Waals surface area contributed by atoms with Crippen LogP contribution in [0.4, 0.5) is 11.5 Å². The van der Waals surface area contributed by atoms with E-state index >= 15 is 0 Å². The number of nitrogens with zero attached hydrogens (tertiary/aromatic N) is 1. The number of H-pyrrole nitrogens is 1. The number of rotatable bonds is 3. The lowest BCUT2D eigenvalue weighted by Crippen LogP contribution is -2.22. The molecule has 2 N–H and O–H groups in total. The lowest BCUT2D eigenvalue weighted by atomic mass is 10.00. The molecule has 29 heavy (non-hydrogen) atoms. The Hall–Kier alpha value is -3.73. The first kappa shape index (κ1) is 17.4. The van der Waals surface area contributed by atoms with E-state index in [4.69, 9.17) is 4.74 Å². The monoisotopic (exact) mass is 383 g/mol. The molecule has 144 valence electrons. The number of carbonyl (C=O) groups excluding carboxylic acids is 1. The van der Waals surface area contributed by atoms with Crippen LogP contribution in [0.15, 0.2) is 78.4 Å². The second kappa shape index (κ2) is 6.71. The normalized spacial score (nSPS) is 17.0. The molecule has 0 radical (unpaired) electrons. The molecule has 0 saturated heterocycles. The van der Waals surface area contributed by atoms with Crippen LogP contribution in [0.3, 0.4) is 0 Å². The summed E-state index contributed by atoms with van der Waals surface area (Å²) < 4.78 is 6.08. The summed E-state index contributed by atoms with van der Waals surface area (Å²) in [4.78, 5) is 17.4. The third-order valence-electron chi connectivity index (χ3n) is 5.19. The highest BCUT2D eigenvalue weighted by Crippen LogP contribution is 2.41. The van der Waals surface area contributed by atoms with Gasteiger partial charge in [-0.15, -0.1) is 0 Å². The highest BCUT2D eigenvalue weighted by molar-refractivity contribution is 6.00. The molecule has 1 amide bonds. The standard InChI is InChI=1S/C24H21N3O2/c1-27(2)24(28)16-7-5-9-21-18(12-16)19-14-17(10-11-22(19)29-21)25-23-13-15-6-3-4-8-20(15)26-23/h3-14,21,25-26H,1-2H3. The number of aromatic nitrogens is 1. The largest absolute Gasteiger partial charge is 0.481 e. The van der Waals surface area contributed by atoms with Gasteiger partial charge in [-0.1, -0.05) is 24.3 Å². The van der Waals surface area contributed by atoms with Crippen LogP contribution in [0, 0.1) is 0 Å². The van der Waals surface area contributed by atoms with E-state index < -0.39 is 0 Å². The zero-order valence-corrected chi connectivity index (χ0v) is 16.3. The Morgan fingerprint density at radius 1 is 1.14 bits per heavy atom. The fourth-order valence-corrected chi connectivity index (χ4v) is 3.76. The number of nitrogens with one attached hydrogen (secondary N) is 2. The lowest BCUT2D eigenvalue weighted by Gasteiger charge is -2.11. The number of anilines is 2. The van der Waals surface area contributed by atoms with Gasteiger partial charge in [-0.3, -0.25) is 4.79 Å². The number of para-hydroxylation sites is 1. The maximum Gasteiger partial charge on any atom is 0.253 e. The molecule has 1 aliphatic carbocycles. The van der Waals surface area contributed by atoms with E-state index in [0.29, 0.717) is 5.57 Å². The van der Waals surface area contributed by atoms with Crippen molar-refractivity contribution in [3.8, 4) is 5.75 Å². The van der Waals surface area contributed by atoms with Crippen molar-refractivity contribution in [2.45, 2.75) is 6.10 Å². The predicted molar refractivity (Wildman–Crippen MR) is 116 cm³/mol. The summed E-state index contributed by atoms with van der Waals surface area (Å²) >= 11 is 0. The van der Waals surface area contributed by atoms with Gasteiger partial charge in [0.2, 0.25) is 0 Å². The molecule has 1 atom stereocenters. The van der Waals surface area contributed by atoms with E-state index in [9.17, 15) is 4.79 Å². The van der Waals surface area contributed by atoms with Crippen molar-refractivity contribution in [1.29, 1.82) is 0 Å². The second-order valence-corrected chi connectivity index (χ2v) is 7.45. The summed E-state index contributed by atoms with van der Waals surface area (Å²) in [5.74, 6) is 1.73. The smallest absolute Gasteiger partial charge is 0.253 e. The Morgan fingerprint density at radius 3 is 2.83 bits per heavy atom. The zero-order chi connectivity index (χ0) is 20.0. The van der Waals surface area contributed by atoms with Crippen LogP contribution in [0.2, 0.25) is 0 Å². The number of carbonyl (C=O) groups is 1. The van der Waals surface area contributed by atoms with Crippen LogP contribution in [0.5, 0.6) is 5.75 Å². The minimum Gasteiger partial charge on any atom is -0.481 e. The summed E-state index contributed by atoms with van der Waals surface area (Å²) in [6.45, 7) is 0. The molecule has 5 nitrogen and oxygen atoms in total. The van der Waals surface area contributed by atoms with Gasteiger partial charge in [-0.25, -0.2) is 0 Å². The van der Waals surface area contributed by atoms with Gasteiger partial charge in [-0.2, -0.15) is 0 Å². The van der Waals surface area contributed by atoms with Crippen LogP contribution in [-0.4, -0.2) is 36.0 Å². The van der Waals surface area contributed by atoms with Gasteiger partial charge in [0.15, 0.2) is 0 Å². The van der Waals surface area contributed by atoms with E-state index in [-0.39, 0.29) is 12.0 Å². The lowest BCUT2D eigenvalue weighted by molar-refractivity contribution is -0.124. The molecule has 2 aliphatic rings. The number of ether oxygens (including phenoxy) is 1. The molecule has 0 bridgehead atoms. The molecule has 2 aromatic carbocycles. The van der Waals surface area contributed by atoms with Crippen molar-refractivity contribution < 1.29 is 9.53 Å². The third-order valence-corrected chi connectivity index (χ3v) is 5.19. The number of aromatic amines is 1. The quantitative estimate of drug-likeness (QED) is 0.693. The van der Waals surface area contributed by atoms with Crippen LogP contribution in [0.25, 0.3) is 16.5 Å². The van der Waals surface area contributed by atoms with Crippen molar-refractivity contribution in [3.63, 3.8) is 0 Å². The van der Waals surface area contributed by atoms with E-state index in [1.807, 2.05) is 48.6 Å². The van der Waals surface area contributed by atoms with Crippen LogP contribution >= 0.6 is 0 Å². The first-order valence-electron chi connectivity index (χ1n) is 9.56. The second-order valence-electron chi connectivity index (χ2n) is 7.45. The van der Waals surface area contributed by atoms with Gasteiger partial charge in [-0.05, 0) is 48.6 Å². The number of amides is 1. The van der Waals surface area contributed by atoms with Crippen LogP contribution in [-0.2, 0) is 4.79 Å². The minimum absolute atomic E-state index is 0.0244. The van der Waals surface area contributed by atoms with Crippen molar-refractivity contribution >= 4 is 33.9 Å². The zero-order valence-electron chi connectivity index (χ0n) is 16.3. The molecule has 1 aliphatic heterocycles. The summed E-state index contributed by atoms with van der Waals surface area (Å²) in [5.41, 5.74) is 4.69. The van der Waals surface area contributed by atoms with E-state index in [2.05, 4.69) is 34.6 Å². The van der Waals surface area contributed by atoms with Crippen LogP contribution in [0.1, 0.15) is 5.56 Å². The van der Waals surface area contributed by atoms with Crippen molar-refractivity contribution in [1.82, 2.24) is 9.88 Å². The van der Waals surface area contributed by atoms with Crippen LogP contribution < -0.4 is 10.1 Å².